The Hall–Kier alpha value is -1.62. The first kappa shape index (κ1) is 13.8. The highest BCUT2D eigenvalue weighted by atomic mass is 19.1. The molecule has 0 saturated carbocycles. The summed E-state index contributed by atoms with van der Waals surface area (Å²) in [6, 6.07) is 7.44. The summed E-state index contributed by atoms with van der Waals surface area (Å²) in [6.45, 7) is 0.737. The van der Waals surface area contributed by atoms with Crippen LogP contribution in [0.3, 0.4) is 0 Å². The Kier molecular flexibility index (Phi) is 3.75. The first-order valence-electron chi connectivity index (χ1n) is 6.44. The number of alkyl halides is 1. The van der Waals surface area contributed by atoms with Crippen molar-refractivity contribution in [1.82, 2.24) is 4.90 Å². The van der Waals surface area contributed by atoms with Crippen LogP contribution in [0.25, 0.3) is 0 Å². The van der Waals surface area contributed by atoms with E-state index < -0.39 is 5.79 Å². The van der Waals surface area contributed by atoms with E-state index in [2.05, 4.69) is 0 Å². The van der Waals surface area contributed by atoms with Gasteiger partial charge in [-0.2, -0.15) is 0 Å². The predicted octanol–water partition coefficient (Wildman–Crippen LogP) is 1.61. The van der Waals surface area contributed by atoms with Crippen LogP contribution in [0.5, 0.6) is 0 Å². The molecule has 4 nitrogen and oxygen atoms in total. The third-order valence-electron chi connectivity index (χ3n) is 3.50. The van der Waals surface area contributed by atoms with Crippen LogP contribution >= 0.6 is 0 Å². The molecule has 1 fully saturated rings. The third kappa shape index (κ3) is 3.04. The average Bonchev–Trinajstić information content (AvgIpc) is 2.38. The normalized spacial score (nSPS) is 18.2. The first-order chi connectivity index (χ1) is 8.91. The van der Waals surface area contributed by atoms with Crippen LogP contribution in [0.1, 0.15) is 23.2 Å². The Balaban J connectivity index is 2.17. The molecule has 1 heterocycles. The summed E-state index contributed by atoms with van der Waals surface area (Å²) in [5, 5.41) is 0. The van der Waals surface area contributed by atoms with Crippen LogP contribution in [0.2, 0.25) is 0 Å². The van der Waals surface area contributed by atoms with Gasteiger partial charge in [0.25, 0.3) is 5.91 Å². The molecule has 0 atom stereocenters. The number of hydrogen-bond acceptors (Lipinski definition) is 3. The van der Waals surface area contributed by atoms with Gasteiger partial charge in [0.05, 0.1) is 5.56 Å². The van der Waals surface area contributed by atoms with E-state index in [0.29, 0.717) is 18.7 Å². The van der Waals surface area contributed by atoms with Crippen molar-refractivity contribution in [3.05, 3.63) is 29.8 Å². The van der Waals surface area contributed by atoms with Crippen LogP contribution in [0.4, 0.5) is 10.1 Å². The fraction of sp³-hybridized carbons (Fsp3) is 0.500. The van der Waals surface area contributed by atoms with Crippen molar-refractivity contribution in [2.45, 2.75) is 18.6 Å². The van der Waals surface area contributed by atoms with Crippen LogP contribution in [0.15, 0.2) is 24.3 Å². The van der Waals surface area contributed by atoms with Gasteiger partial charge >= 0.3 is 0 Å². The Labute approximate surface area is 113 Å². The van der Waals surface area contributed by atoms with Gasteiger partial charge in [0, 0.05) is 45.7 Å². The molecule has 1 aromatic carbocycles. The number of likely N-dealkylation sites (tertiary alicyclic amines) is 1. The summed E-state index contributed by atoms with van der Waals surface area (Å²) in [7, 11) is 3.80. The van der Waals surface area contributed by atoms with Crippen LogP contribution in [-0.2, 0) is 0 Å². The molecule has 0 unspecified atom stereocenters. The summed E-state index contributed by atoms with van der Waals surface area (Å²) >= 11 is 0. The number of nitrogens with two attached hydrogens (primary N) is 1. The lowest BCUT2D eigenvalue weighted by molar-refractivity contribution is 0.0462. The summed E-state index contributed by atoms with van der Waals surface area (Å²) in [6.07, 6.45) is 0.395. The van der Waals surface area contributed by atoms with Crippen LogP contribution < -0.4 is 10.6 Å². The molecule has 19 heavy (non-hydrogen) atoms. The number of benzene rings is 1. The van der Waals surface area contributed by atoms with E-state index in [0.717, 1.165) is 5.69 Å². The van der Waals surface area contributed by atoms with Gasteiger partial charge in [-0.05, 0) is 12.1 Å². The molecule has 104 valence electrons. The number of piperidine rings is 1. The molecule has 0 radical (unpaired) electrons. The van der Waals surface area contributed by atoms with Gasteiger partial charge in [0.15, 0.2) is 5.79 Å². The molecule has 0 spiro atoms. The Morgan fingerprint density at radius 1 is 1.32 bits per heavy atom. The zero-order valence-electron chi connectivity index (χ0n) is 11.4. The lowest BCUT2D eigenvalue weighted by Gasteiger charge is -2.34. The van der Waals surface area contributed by atoms with Gasteiger partial charge in [0.2, 0.25) is 0 Å². The van der Waals surface area contributed by atoms with Crippen LogP contribution in [0, 0.1) is 0 Å². The topological polar surface area (TPSA) is 49.6 Å². The molecule has 1 amide bonds. The van der Waals surface area contributed by atoms with Crippen molar-refractivity contribution in [3.63, 3.8) is 0 Å². The number of hydrogen-bond donors (Lipinski definition) is 1. The minimum atomic E-state index is -1.63. The molecule has 1 aromatic rings. The number of carbonyl (C=O) groups is 1. The summed E-state index contributed by atoms with van der Waals surface area (Å²) < 4.78 is 13.5. The number of anilines is 1. The highest BCUT2D eigenvalue weighted by Gasteiger charge is 2.32. The van der Waals surface area contributed by atoms with Crippen molar-refractivity contribution in [3.8, 4) is 0 Å². The third-order valence-corrected chi connectivity index (χ3v) is 3.50. The van der Waals surface area contributed by atoms with Gasteiger partial charge < -0.3 is 9.80 Å². The number of para-hydroxylation sites is 1. The maximum absolute atomic E-state index is 13.5. The van der Waals surface area contributed by atoms with Crippen molar-refractivity contribution in [2.24, 2.45) is 5.73 Å². The number of rotatable bonds is 2. The second-order valence-electron chi connectivity index (χ2n) is 5.24. The molecule has 0 aliphatic carbocycles. The van der Waals surface area contributed by atoms with E-state index in [1.807, 2.05) is 37.2 Å². The highest BCUT2D eigenvalue weighted by Crippen LogP contribution is 2.25. The van der Waals surface area contributed by atoms with E-state index in [9.17, 15) is 9.18 Å². The quantitative estimate of drug-likeness (QED) is 0.827. The first-order valence-corrected chi connectivity index (χ1v) is 6.44. The fourth-order valence-corrected chi connectivity index (χ4v) is 2.30. The molecular formula is C14H20FN3O. The summed E-state index contributed by atoms with van der Waals surface area (Å²) in [4.78, 5) is 16.0. The summed E-state index contributed by atoms with van der Waals surface area (Å²) in [5.74, 6) is -1.68. The molecule has 0 bridgehead atoms. The standard InChI is InChI=1S/C14H20FN3O/c1-17(2)12-6-4-3-5-11(12)13(19)18-9-7-14(15,16)8-10-18/h3-6H,7-10,16H2,1-2H3. The molecule has 5 heteroatoms. The zero-order valence-corrected chi connectivity index (χ0v) is 11.4. The Morgan fingerprint density at radius 3 is 2.47 bits per heavy atom. The van der Waals surface area contributed by atoms with E-state index in [1.165, 1.54) is 0 Å². The monoisotopic (exact) mass is 265 g/mol. The minimum Gasteiger partial charge on any atom is -0.377 e. The predicted molar refractivity (Wildman–Crippen MR) is 73.9 cm³/mol. The Morgan fingerprint density at radius 2 is 1.89 bits per heavy atom. The SMILES string of the molecule is CN(C)c1ccccc1C(=O)N1CCC(N)(F)CC1. The van der Waals surface area contributed by atoms with Crippen molar-refractivity contribution in [2.75, 3.05) is 32.1 Å². The Bertz CT molecular complexity index is 464. The molecular weight excluding hydrogens is 245 g/mol. The average molecular weight is 265 g/mol. The maximum Gasteiger partial charge on any atom is 0.255 e. The van der Waals surface area contributed by atoms with E-state index in [1.54, 1.807) is 11.0 Å². The van der Waals surface area contributed by atoms with Crippen molar-refractivity contribution < 1.29 is 9.18 Å². The summed E-state index contributed by atoms with van der Waals surface area (Å²) in [5.41, 5.74) is 6.97. The number of amides is 1. The maximum atomic E-state index is 13.5. The lowest BCUT2D eigenvalue weighted by Crippen LogP contribution is -2.49. The molecule has 2 N–H and O–H groups in total. The lowest BCUT2D eigenvalue weighted by atomic mass is 10.0. The van der Waals surface area contributed by atoms with E-state index in [-0.39, 0.29) is 18.7 Å². The van der Waals surface area contributed by atoms with E-state index in [4.69, 9.17) is 5.73 Å². The van der Waals surface area contributed by atoms with Gasteiger partial charge in [-0.15, -0.1) is 0 Å². The fourth-order valence-electron chi connectivity index (χ4n) is 2.30. The minimum absolute atomic E-state index is 0.0557. The second kappa shape index (κ2) is 5.17. The highest BCUT2D eigenvalue weighted by molar-refractivity contribution is 5.99. The number of halogens is 1. The van der Waals surface area contributed by atoms with Crippen molar-refractivity contribution >= 4 is 11.6 Å². The second-order valence-corrected chi connectivity index (χ2v) is 5.24. The van der Waals surface area contributed by atoms with Crippen LogP contribution in [-0.4, -0.2) is 43.8 Å². The van der Waals surface area contributed by atoms with Gasteiger partial charge in [-0.3, -0.25) is 10.5 Å². The van der Waals surface area contributed by atoms with Crippen molar-refractivity contribution in [1.29, 1.82) is 0 Å². The van der Waals surface area contributed by atoms with Gasteiger partial charge in [0.1, 0.15) is 0 Å². The number of carbonyl (C=O) groups excluding carboxylic acids is 1. The zero-order chi connectivity index (χ0) is 14.0. The largest absolute Gasteiger partial charge is 0.377 e. The smallest absolute Gasteiger partial charge is 0.255 e. The number of nitrogens with zero attached hydrogens (tertiary/aromatic N) is 2. The molecule has 0 aromatic heterocycles. The molecule has 1 aliphatic rings. The van der Waals surface area contributed by atoms with Gasteiger partial charge in [-0.25, -0.2) is 4.39 Å². The van der Waals surface area contributed by atoms with E-state index >= 15 is 0 Å². The molecule has 2 rings (SSSR count). The molecule has 1 aliphatic heterocycles. The molecule has 1 saturated heterocycles. The van der Waals surface area contributed by atoms with Gasteiger partial charge in [-0.1, -0.05) is 12.1 Å².